The minimum absolute atomic E-state index is 0.132. The first kappa shape index (κ1) is 37.6. The molecular weight excluding hydrogens is 652 g/mol. The Morgan fingerprint density at radius 1 is 1.10 bits per heavy atom. The lowest BCUT2D eigenvalue weighted by Crippen LogP contribution is -2.69. The molecule has 10 nitrogen and oxygen atoms in total. The Hall–Kier alpha value is -2.69. The summed E-state index contributed by atoms with van der Waals surface area (Å²) in [5.41, 5.74) is 7.37. The molecule has 7 rings (SSSR count). The maximum Gasteiger partial charge on any atom is 0.307 e. The summed E-state index contributed by atoms with van der Waals surface area (Å²) in [5, 5.41) is 24.3. The van der Waals surface area contributed by atoms with Gasteiger partial charge in [0.1, 0.15) is 6.33 Å². The van der Waals surface area contributed by atoms with E-state index in [1.165, 1.54) is 5.57 Å². The molecule has 5 aliphatic rings. The van der Waals surface area contributed by atoms with Gasteiger partial charge in [-0.1, -0.05) is 74.0 Å². The number of hydrogen-bond acceptors (Lipinski definition) is 8. The van der Waals surface area contributed by atoms with Crippen LogP contribution in [0.4, 0.5) is 0 Å². The van der Waals surface area contributed by atoms with Crippen molar-refractivity contribution in [3.8, 4) is 11.4 Å². The van der Waals surface area contributed by atoms with Crippen LogP contribution in [0.1, 0.15) is 114 Å². The quantitative estimate of drug-likeness (QED) is 0.251. The molecule has 1 aliphatic heterocycles. The van der Waals surface area contributed by atoms with Crippen molar-refractivity contribution < 1.29 is 19.4 Å². The summed E-state index contributed by atoms with van der Waals surface area (Å²) in [6, 6.07) is 1.81. The van der Waals surface area contributed by atoms with Gasteiger partial charge in [0, 0.05) is 21.9 Å². The molecule has 0 radical (unpaired) electrons. The van der Waals surface area contributed by atoms with Crippen LogP contribution in [-0.4, -0.2) is 67.5 Å². The molecule has 0 amide bonds. The van der Waals surface area contributed by atoms with E-state index in [-0.39, 0.29) is 51.1 Å². The van der Waals surface area contributed by atoms with E-state index in [1.54, 1.807) is 18.7 Å². The molecular formula is C42H64N6O4. The standard InChI is InChI=1S/C42H64N6O4/c1-25(2)27(5)37(6)16-17-39(8)29-11-12-32-38(7)21-51-23-42(32,30(29)13-15-40(39,9)33(37)36(49)50)19-31(34(38)52-22-41(10,43)26(3)4)48-35(44-24-47-48)28-14-18-45-46-20-28/h13-14,18,20,24-27,29,31-34H,11-12,15-17,19,21-23,43H2,1-10H3,(H,49,50)/t27-,29+,31-,32+,33-,34+,37-,38-,39-,40+,41+,42+/m1/s1. The topological polar surface area (TPSA) is 138 Å². The maximum absolute atomic E-state index is 13.5. The Balaban J connectivity index is 1.35. The van der Waals surface area contributed by atoms with Crippen LogP contribution in [-0.2, 0) is 14.3 Å². The molecule has 3 N–H and O–H groups in total. The largest absolute Gasteiger partial charge is 0.481 e. The molecule has 286 valence electrons. The van der Waals surface area contributed by atoms with Crippen molar-refractivity contribution in [2.45, 2.75) is 125 Å². The van der Waals surface area contributed by atoms with Crippen molar-refractivity contribution in [3.05, 3.63) is 36.4 Å². The highest BCUT2D eigenvalue weighted by atomic mass is 16.5. The second-order valence-corrected chi connectivity index (χ2v) is 19.7. The van der Waals surface area contributed by atoms with E-state index < -0.39 is 17.4 Å². The van der Waals surface area contributed by atoms with Gasteiger partial charge < -0.3 is 20.3 Å². The number of carboxylic acids is 1. The first-order chi connectivity index (χ1) is 24.4. The van der Waals surface area contributed by atoms with E-state index in [1.807, 2.05) is 6.07 Å². The minimum Gasteiger partial charge on any atom is -0.481 e. The van der Waals surface area contributed by atoms with Crippen LogP contribution in [0.25, 0.3) is 11.4 Å². The number of rotatable bonds is 9. The molecule has 2 aromatic heterocycles. The van der Waals surface area contributed by atoms with Crippen molar-refractivity contribution in [1.29, 1.82) is 0 Å². The first-order valence-corrected chi connectivity index (χ1v) is 20.0. The van der Waals surface area contributed by atoms with Gasteiger partial charge in [-0.25, -0.2) is 9.67 Å². The fraction of sp³-hybridized carbons (Fsp3) is 0.786. The van der Waals surface area contributed by atoms with Crippen LogP contribution in [0, 0.1) is 62.6 Å². The lowest BCUT2D eigenvalue weighted by molar-refractivity contribution is -0.252. The predicted molar refractivity (Wildman–Crippen MR) is 201 cm³/mol. The molecule has 0 unspecified atom stereocenters. The van der Waals surface area contributed by atoms with Crippen molar-refractivity contribution >= 4 is 5.97 Å². The number of aliphatic carboxylic acids is 1. The molecule has 0 aromatic carbocycles. The van der Waals surface area contributed by atoms with Gasteiger partial charge in [0.25, 0.3) is 0 Å². The molecule has 0 spiro atoms. The first-order valence-electron chi connectivity index (χ1n) is 20.0. The van der Waals surface area contributed by atoms with Crippen molar-refractivity contribution in [2.24, 2.45) is 68.3 Å². The Labute approximate surface area is 311 Å². The number of nitrogens with zero attached hydrogens (tertiary/aromatic N) is 5. The summed E-state index contributed by atoms with van der Waals surface area (Å²) in [6.45, 7) is 24.3. The van der Waals surface area contributed by atoms with Gasteiger partial charge in [0.15, 0.2) is 5.82 Å². The maximum atomic E-state index is 13.5. The highest BCUT2D eigenvalue weighted by Gasteiger charge is 2.72. The third-order valence-corrected chi connectivity index (χ3v) is 16.7. The number of hydrogen-bond donors (Lipinski definition) is 2. The molecule has 10 heteroatoms. The van der Waals surface area contributed by atoms with E-state index in [2.05, 4.69) is 90.2 Å². The van der Waals surface area contributed by atoms with Crippen LogP contribution in [0.5, 0.6) is 0 Å². The molecule has 52 heavy (non-hydrogen) atoms. The lowest BCUT2D eigenvalue weighted by Gasteiger charge is -2.71. The molecule has 4 fully saturated rings. The van der Waals surface area contributed by atoms with Gasteiger partial charge in [-0.15, -0.1) is 0 Å². The van der Waals surface area contributed by atoms with Gasteiger partial charge in [-0.2, -0.15) is 15.3 Å². The molecule has 2 bridgehead atoms. The van der Waals surface area contributed by atoms with Crippen molar-refractivity contribution in [1.82, 2.24) is 25.0 Å². The second kappa shape index (κ2) is 12.7. The lowest BCUT2D eigenvalue weighted by atomic mass is 9.34. The van der Waals surface area contributed by atoms with E-state index >= 15 is 0 Å². The summed E-state index contributed by atoms with van der Waals surface area (Å²) in [4.78, 5) is 18.3. The van der Waals surface area contributed by atoms with Crippen LogP contribution in [0.3, 0.4) is 0 Å². The SMILES string of the molecule is CC(C)[C@@H](C)[C@@]1(C)CC[C@]2(C)[C@H]3CC[C@@H]4[C@@]5(COC[C@@]4(C)[C@@H](OC[C@](C)(N)C(C)C)[C@H](n4ncnc4-c4ccnnc4)C5)C3=CC[C@@]2(C)[C@@H]1C(=O)O. The van der Waals surface area contributed by atoms with Gasteiger partial charge in [-0.3, -0.25) is 4.79 Å². The predicted octanol–water partition coefficient (Wildman–Crippen LogP) is 7.62. The summed E-state index contributed by atoms with van der Waals surface area (Å²) < 4.78 is 16.0. The molecule has 1 saturated heterocycles. The Kier molecular flexibility index (Phi) is 9.18. The normalized spacial score (nSPS) is 41.7. The van der Waals surface area contributed by atoms with Crippen LogP contribution in [0.15, 0.2) is 36.4 Å². The molecule has 3 heterocycles. The van der Waals surface area contributed by atoms with Crippen molar-refractivity contribution in [3.63, 3.8) is 0 Å². The number of carboxylic acid groups (broad SMARTS) is 1. The van der Waals surface area contributed by atoms with E-state index in [9.17, 15) is 9.90 Å². The molecule has 2 aromatic rings. The van der Waals surface area contributed by atoms with Crippen LogP contribution in [0.2, 0.25) is 0 Å². The van der Waals surface area contributed by atoms with Crippen LogP contribution >= 0.6 is 0 Å². The average Bonchev–Trinajstić information content (AvgIpc) is 3.58. The number of ether oxygens (including phenoxy) is 2. The summed E-state index contributed by atoms with van der Waals surface area (Å²) in [6.07, 6.45) is 13.0. The fourth-order valence-corrected chi connectivity index (χ4v) is 12.7. The third-order valence-electron chi connectivity index (χ3n) is 16.7. The van der Waals surface area contributed by atoms with Gasteiger partial charge in [0.05, 0.1) is 50.3 Å². The minimum atomic E-state index is -0.629. The second-order valence-electron chi connectivity index (χ2n) is 19.7. The summed E-state index contributed by atoms with van der Waals surface area (Å²) >= 11 is 0. The number of allylic oxidation sites excluding steroid dienone is 1. The highest BCUT2D eigenvalue weighted by molar-refractivity contribution is 5.73. The monoisotopic (exact) mass is 716 g/mol. The smallest absolute Gasteiger partial charge is 0.307 e. The van der Waals surface area contributed by atoms with E-state index in [4.69, 9.17) is 25.3 Å². The molecule has 3 saturated carbocycles. The average molecular weight is 717 g/mol. The Bertz CT molecular complexity index is 1690. The number of carbonyl (C=O) groups is 1. The summed E-state index contributed by atoms with van der Waals surface area (Å²) in [5.74, 6) is 1.28. The number of fused-ring (bicyclic) bond motifs is 3. The zero-order valence-corrected chi connectivity index (χ0v) is 33.4. The molecule has 4 aliphatic carbocycles. The van der Waals surface area contributed by atoms with Gasteiger partial charge >= 0.3 is 5.97 Å². The Morgan fingerprint density at radius 3 is 2.50 bits per heavy atom. The molecule has 12 atom stereocenters. The number of nitrogens with two attached hydrogens (primary N) is 1. The zero-order chi connectivity index (χ0) is 37.6. The fourth-order valence-electron chi connectivity index (χ4n) is 12.7. The zero-order valence-electron chi connectivity index (χ0n) is 33.4. The third kappa shape index (κ3) is 5.23. The highest BCUT2D eigenvalue weighted by Crippen LogP contribution is 2.75. The van der Waals surface area contributed by atoms with Gasteiger partial charge in [0.2, 0.25) is 0 Å². The van der Waals surface area contributed by atoms with E-state index in [0.717, 1.165) is 49.9 Å². The van der Waals surface area contributed by atoms with Gasteiger partial charge in [-0.05, 0) is 97.3 Å². The van der Waals surface area contributed by atoms with Crippen LogP contribution < -0.4 is 5.73 Å². The Morgan fingerprint density at radius 2 is 1.85 bits per heavy atom. The van der Waals surface area contributed by atoms with Crippen molar-refractivity contribution in [2.75, 3.05) is 19.8 Å². The number of aromatic nitrogens is 5. The summed E-state index contributed by atoms with van der Waals surface area (Å²) in [7, 11) is 0. The van der Waals surface area contributed by atoms with E-state index in [0.29, 0.717) is 37.6 Å².